The second-order valence-electron chi connectivity index (χ2n) is 8.41. The molecule has 0 bridgehead atoms. The molecule has 36 heavy (non-hydrogen) atoms. The highest BCUT2D eigenvalue weighted by molar-refractivity contribution is 5.98. The molecule has 3 aromatic carbocycles. The SMILES string of the molecule is O=C(NC(=O)C1CCC(C(=O)NC(=O)OCc2ccccc2)c2ccccc21)OCc1ccccc1. The van der Waals surface area contributed by atoms with E-state index in [-0.39, 0.29) is 13.2 Å². The van der Waals surface area contributed by atoms with Crippen LogP contribution in [0, 0.1) is 0 Å². The Balaban J connectivity index is 1.35. The molecule has 0 aliphatic heterocycles. The van der Waals surface area contributed by atoms with Gasteiger partial charge in [0, 0.05) is 0 Å². The van der Waals surface area contributed by atoms with Crippen LogP contribution in [0.3, 0.4) is 0 Å². The number of benzene rings is 3. The van der Waals surface area contributed by atoms with Crippen molar-refractivity contribution >= 4 is 24.0 Å². The number of carbonyl (C=O) groups excluding carboxylic acids is 4. The number of imide groups is 2. The molecule has 3 aromatic rings. The predicted octanol–water partition coefficient (Wildman–Crippen LogP) is 4.55. The highest BCUT2D eigenvalue weighted by atomic mass is 16.6. The number of alkyl carbamates (subject to hydrolysis) is 2. The fourth-order valence-electron chi connectivity index (χ4n) is 4.23. The summed E-state index contributed by atoms with van der Waals surface area (Å²) in [6, 6.07) is 25.3. The largest absolute Gasteiger partial charge is 0.444 e. The number of carbonyl (C=O) groups is 4. The van der Waals surface area contributed by atoms with E-state index in [9.17, 15) is 19.2 Å². The predicted molar refractivity (Wildman–Crippen MR) is 131 cm³/mol. The van der Waals surface area contributed by atoms with Crippen LogP contribution in [-0.4, -0.2) is 24.0 Å². The van der Waals surface area contributed by atoms with Crippen LogP contribution < -0.4 is 10.6 Å². The van der Waals surface area contributed by atoms with Gasteiger partial charge in [0.15, 0.2) is 0 Å². The van der Waals surface area contributed by atoms with Crippen LogP contribution in [0.4, 0.5) is 9.59 Å². The summed E-state index contributed by atoms with van der Waals surface area (Å²) in [4.78, 5) is 50.1. The molecular weight excluding hydrogens is 460 g/mol. The monoisotopic (exact) mass is 486 g/mol. The lowest BCUT2D eigenvalue weighted by Crippen LogP contribution is -2.40. The lowest BCUT2D eigenvalue weighted by atomic mass is 9.76. The number of amides is 4. The summed E-state index contributed by atoms with van der Waals surface area (Å²) in [5.41, 5.74) is 2.88. The van der Waals surface area contributed by atoms with Crippen LogP contribution in [0.5, 0.6) is 0 Å². The molecule has 0 fully saturated rings. The van der Waals surface area contributed by atoms with Crippen molar-refractivity contribution in [1.82, 2.24) is 10.6 Å². The second-order valence-corrected chi connectivity index (χ2v) is 8.41. The zero-order chi connectivity index (χ0) is 25.3. The van der Waals surface area contributed by atoms with Gasteiger partial charge in [0.2, 0.25) is 11.8 Å². The van der Waals surface area contributed by atoms with Crippen molar-refractivity contribution in [3.05, 3.63) is 107 Å². The maximum atomic E-state index is 12.9. The molecule has 4 amide bonds. The van der Waals surface area contributed by atoms with Crippen molar-refractivity contribution in [2.24, 2.45) is 0 Å². The third-order valence-electron chi connectivity index (χ3n) is 6.00. The van der Waals surface area contributed by atoms with Gasteiger partial charge >= 0.3 is 12.2 Å². The molecule has 2 atom stereocenters. The number of nitrogens with one attached hydrogen (secondary N) is 2. The van der Waals surface area contributed by atoms with Crippen molar-refractivity contribution in [3.63, 3.8) is 0 Å². The van der Waals surface area contributed by atoms with E-state index in [0.29, 0.717) is 24.0 Å². The highest BCUT2D eigenvalue weighted by Crippen LogP contribution is 2.39. The van der Waals surface area contributed by atoms with Crippen molar-refractivity contribution < 1.29 is 28.7 Å². The molecule has 8 heteroatoms. The van der Waals surface area contributed by atoms with Crippen LogP contribution in [0.1, 0.15) is 46.9 Å². The molecular formula is C28H26N2O6. The quantitative estimate of drug-likeness (QED) is 0.529. The average Bonchev–Trinajstić information content (AvgIpc) is 2.91. The van der Waals surface area contributed by atoms with Gasteiger partial charge in [-0.25, -0.2) is 9.59 Å². The topological polar surface area (TPSA) is 111 Å². The summed E-state index contributed by atoms with van der Waals surface area (Å²) >= 11 is 0. The van der Waals surface area contributed by atoms with Gasteiger partial charge in [-0.3, -0.25) is 20.2 Å². The minimum atomic E-state index is -0.831. The summed E-state index contributed by atoms with van der Waals surface area (Å²) in [6.07, 6.45) is -1.01. The van der Waals surface area contributed by atoms with E-state index in [1.165, 1.54) is 0 Å². The molecule has 2 unspecified atom stereocenters. The van der Waals surface area contributed by atoms with Crippen LogP contribution >= 0.6 is 0 Å². The molecule has 0 aromatic heterocycles. The summed E-state index contributed by atoms with van der Waals surface area (Å²) in [5, 5.41) is 4.59. The number of ether oxygens (including phenoxy) is 2. The second kappa shape index (κ2) is 11.8. The van der Waals surface area contributed by atoms with Crippen molar-refractivity contribution in [3.8, 4) is 0 Å². The lowest BCUT2D eigenvalue weighted by molar-refractivity contribution is -0.125. The van der Waals surface area contributed by atoms with Crippen LogP contribution in [0.25, 0.3) is 0 Å². The fourth-order valence-corrected chi connectivity index (χ4v) is 4.23. The molecule has 0 spiro atoms. The average molecular weight is 487 g/mol. The minimum Gasteiger partial charge on any atom is -0.444 e. The molecule has 1 aliphatic carbocycles. The van der Waals surface area contributed by atoms with Gasteiger partial charge in [0.05, 0.1) is 11.8 Å². The Labute approximate surface area is 208 Å². The van der Waals surface area contributed by atoms with E-state index in [4.69, 9.17) is 9.47 Å². The van der Waals surface area contributed by atoms with Crippen molar-refractivity contribution in [2.45, 2.75) is 37.9 Å². The number of hydrogen-bond donors (Lipinski definition) is 2. The van der Waals surface area contributed by atoms with Crippen LogP contribution in [-0.2, 0) is 32.3 Å². The molecule has 2 N–H and O–H groups in total. The number of rotatable bonds is 6. The van der Waals surface area contributed by atoms with Gasteiger partial charge in [-0.15, -0.1) is 0 Å². The van der Waals surface area contributed by atoms with E-state index in [1.807, 2.05) is 60.7 Å². The number of hydrogen-bond acceptors (Lipinski definition) is 6. The smallest absolute Gasteiger partial charge is 0.414 e. The van der Waals surface area contributed by atoms with Gasteiger partial charge in [-0.1, -0.05) is 84.9 Å². The van der Waals surface area contributed by atoms with E-state index >= 15 is 0 Å². The Morgan fingerprint density at radius 3 is 1.33 bits per heavy atom. The molecule has 0 saturated heterocycles. The third-order valence-corrected chi connectivity index (χ3v) is 6.00. The normalized spacial score (nSPS) is 16.2. The first-order chi connectivity index (χ1) is 17.5. The summed E-state index contributed by atoms with van der Waals surface area (Å²) in [7, 11) is 0. The summed E-state index contributed by atoms with van der Waals surface area (Å²) in [5.74, 6) is -2.25. The van der Waals surface area contributed by atoms with Crippen LogP contribution in [0.15, 0.2) is 84.9 Å². The summed E-state index contributed by atoms with van der Waals surface area (Å²) in [6.45, 7) is 0.0909. The molecule has 8 nitrogen and oxygen atoms in total. The highest BCUT2D eigenvalue weighted by Gasteiger charge is 2.36. The fraction of sp³-hybridized carbons (Fsp3) is 0.214. The molecule has 0 saturated carbocycles. The van der Waals surface area contributed by atoms with Gasteiger partial charge in [-0.05, 0) is 35.1 Å². The third kappa shape index (κ3) is 6.35. The van der Waals surface area contributed by atoms with E-state index < -0.39 is 35.8 Å². The van der Waals surface area contributed by atoms with E-state index in [0.717, 1.165) is 11.1 Å². The summed E-state index contributed by atoms with van der Waals surface area (Å²) < 4.78 is 10.3. The Morgan fingerprint density at radius 2 is 0.944 bits per heavy atom. The zero-order valence-electron chi connectivity index (χ0n) is 19.5. The van der Waals surface area contributed by atoms with Gasteiger partial charge < -0.3 is 9.47 Å². The molecule has 184 valence electrons. The van der Waals surface area contributed by atoms with Crippen LogP contribution in [0.2, 0.25) is 0 Å². The molecule has 0 heterocycles. The first-order valence-corrected chi connectivity index (χ1v) is 11.6. The molecule has 1 aliphatic rings. The Kier molecular flexibility index (Phi) is 8.08. The lowest BCUT2D eigenvalue weighted by Gasteiger charge is -2.29. The van der Waals surface area contributed by atoms with Crippen molar-refractivity contribution in [1.29, 1.82) is 0 Å². The van der Waals surface area contributed by atoms with Gasteiger partial charge in [0.1, 0.15) is 13.2 Å². The first kappa shape index (κ1) is 24.7. The Hall–Kier alpha value is -4.46. The number of fused-ring (bicyclic) bond motifs is 1. The molecule has 0 radical (unpaired) electrons. The van der Waals surface area contributed by atoms with Crippen molar-refractivity contribution in [2.75, 3.05) is 0 Å². The van der Waals surface area contributed by atoms with Gasteiger partial charge in [-0.2, -0.15) is 0 Å². The Morgan fingerprint density at radius 1 is 0.583 bits per heavy atom. The first-order valence-electron chi connectivity index (χ1n) is 11.6. The molecule has 4 rings (SSSR count). The Bertz CT molecular complexity index is 1130. The van der Waals surface area contributed by atoms with Gasteiger partial charge in [0.25, 0.3) is 0 Å². The van der Waals surface area contributed by atoms with E-state index in [2.05, 4.69) is 10.6 Å². The minimum absolute atomic E-state index is 0.0455. The van der Waals surface area contributed by atoms with E-state index in [1.54, 1.807) is 24.3 Å². The maximum absolute atomic E-state index is 12.9. The zero-order valence-corrected chi connectivity index (χ0v) is 19.5. The maximum Gasteiger partial charge on any atom is 0.414 e. The standard InChI is InChI=1S/C28H26N2O6/c31-25(29-27(33)35-17-19-9-3-1-4-10-19)23-15-16-24(22-14-8-7-13-21(22)23)26(32)30-28(34)36-18-20-11-5-2-6-12-20/h1-14,23-24H,15-18H2,(H,29,31,33)(H,30,32,34).